The van der Waals surface area contributed by atoms with Gasteiger partial charge in [-0.15, -0.1) is 0 Å². The average Bonchev–Trinajstić information content (AvgIpc) is 2.13. The quantitative estimate of drug-likeness (QED) is 0.538. The molecule has 10 heavy (non-hydrogen) atoms. The van der Waals surface area contributed by atoms with Gasteiger partial charge in [0.2, 0.25) is 0 Å². The fourth-order valence-electron chi connectivity index (χ4n) is 2.67. The Kier molecular flexibility index (Phi) is 0.791. The van der Waals surface area contributed by atoms with Crippen LogP contribution in [0.4, 0.5) is 0 Å². The van der Waals surface area contributed by atoms with E-state index < -0.39 is 0 Å². The number of fused-ring (bicyclic) bond motifs is 1. The van der Waals surface area contributed by atoms with E-state index in [-0.39, 0.29) is 0 Å². The summed E-state index contributed by atoms with van der Waals surface area (Å²) >= 11 is 0. The summed E-state index contributed by atoms with van der Waals surface area (Å²) in [7, 11) is 0. The highest BCUT2D eigenvalue weighted by molar-refractivity contribution is 5.34. The molecule has 0 amide bonds. The SMILES string of the molecule is C1=C(C23CCC(C2)N3)CC1. The lowest BCUT2D eigenvalue weighted by atomic mass is 9.75. The van der Waals surface area contributed by atoms with Crippen LogP contribution in [0.5, 0.6) is 0 Å². The van der Waals surface area contributed by atoms with Gasteiger partial charge in [-0.2, -0.15) is 0 Å². The van der Waals surface area contributed by atoms with E-state index in [1.54, 1.807) is 5.57 Å². The van der Waals surface area contributed by atoms with Crippen molar-refractivity contribution in [3.8, 4) is 0 Å². The van der Waals surface area contributed by atoms with Gasteiger partial charge in [-0.3, -0.25) is 0 Å². The van der Waals surface area contributed by atoms with Crippen LogP contribution < -0.4 is 5.32 Å². The van der Waals surface area contributed by atoms with Crippen LogP contribution >= 0.6 is 0 Å². The third kappa shape index (κ3) is 0.450. The van der Waals surface area contributed by atoms with E-state index >= 15 is 0 Å². The molecule has 3 fully saturated rings. The number of rotatable bonds is 1. The van der Waals surface area contributed by atoms with Gasteiger partial charge in [-0.25, -0.2) is 0 Å². The smallest absolute Gasteiger partial charge is 0.0411 e. The molecule has 0 aromatic heterocycles. The topological polar surface area (TPSA) is 12.0 Å². The molecule has 54 valence electrons. The molecule has 1 N–H and O–H groups in total. The van der Waals surface area contributed by atoms with Crippen LogP contribution in [-0.2, 0) is 0 Å². The van der Waals surface area contributed by atoms with Crippen molar-refractivity contribution < 1.29 is 0 Å². The van der Waals surface area contributed by atoms with Crippen molar-refractivity contribution >= 4 is 0 Å². The van der Waals surface area contributed by atoms with Gasteiger partial charge in [0.1, 0.15) is 0 Å². The Morgan fingerprint density at radius 2 is 2.40 bits per heavy atom. The Morgan fingerprint density at radius 1 is 1.60 bits per heavy atom. The number of allylic oxidation sites excluding steroid dienone is 1. The molecular formula is C9H13N. The Morgan fingerprint density at radius 3 is 2.80 bits per heavy atom. The minimum Gasteiger partial charge on any atom is -0.305 e. The lowest BCUT2D eigenvalue weighted by molar-refractivity contribution is 0.254. The molecule has 0 spiro atoms. The second kappa shape index (κ2) is 1.48. The predicted molar refractivity (Wildman–Crippen MR) is 40.8 cm³/mol. The molecule has 2 saturated heterocycles. The van der Waals surface area contributed by atoms with Gasteiger partial charge in [-0.05, 0) is 32.1 Å². The number of nitrogens with one attached hydrogen (secondary N) is 1. The Labute approximate surface area is 61.5 Å². The first-order valence-electron chi connectivity index (χ1n) is 4.36. The van der Waals surface area contributed by atoms with Crippen molar-refractivity contribution in [3.63, 3.8) is 0 Å². The van der Waals surface area contributed by atoms with Crippen molar-refractivity contribution in [2.45, 2.75) is 43.7 Å². The molecule has 0 aromatic carbocycles. The van der Waals surface area contributed by atoms with E-state index in [0.717, 1.165) is 6.04 Å². The summed E-state index contributed by atoms with van der Waals surface area (Å²) in [6, 6.07) is 0.890. The molecule has 4 rings (SSSR count). The van der Waals surface area contributed by atoms with Crippen LogP contribution in [0.15, 0.2) is 11.6 Å². The highest BCUT2D eigenvalue weighted by Gasteiger charge is 2.52. The van der Waals surface area contributed by atoms with E-state index in [1.807, 2.05) is 0 Å². The monoisotopic (exact) mass is 135 g/mol. The van der Waals surface area contributed by atoms with Gasteiger partial charge >= 0.3 is 0 Å². The van der Waals surface area contributed by atoms with Gasteiger partial charge in [0.25, 0.3) is 0 Å². The van der Waals surface area contributed by atoms with Gasteiger partial charge in [0.15, 0.2) is 0 Å². The Balaban J connectivity index is 1.91. The minimum absolute atomic E-state index is 0.545. The maximum Gasteiger partial charge on any atom is 0.0411 e. The molecule has 1 heteroatoms. The van der Waals surface area contributed by atoms with Crippen LogP contribution in [0.25, 0.3) is 0 Å². The minimum atomic E-state index is 0.545. The molecule has 1 nitrogen and oxygen atoms in total. The Bertz CT molecular complexity index is 193. The second-order valence-corrected chi connectivity index (χ2v) is 3.93. The first-order valence-corrected chi connectivity index (χ1v) is 4.36. The zero-order valence-corrected chi connectivity index (χ0v) is 6.19. The molecule has 2 aliphatic carbocycles. The molecule has 2 aliphatic heterocycles. The van der Waals surface area contributed by atoms with E-state index in [1.165, 1.54) is 32.1 Å². The fourth-order valence-corrected chi connectivity index (χ4v) is 2.67. The van der Waals surface area contributed by atoms with E-state index in [4.69, 9.17) is 0 Å². The maximum atomic E-state index is 3.66. The molecule has 2 unspecified atom stereocenters. The predicted octanol–water partition coefficient (Wildman–Crippen LogP) is 1.60. The summed E-state index contributed by atoms with van der Waals surface area (Å²) in [5.74, 6) is 0. The summed E-state index contributed by atoms with van der Waals surface area (Å²) in [5.41, 5.74) is 2.27. The molecule has 0 aromatic rings. The molecule has 2 heterocycles. The highest BCUT2D eigenvalue weighted by atomic mass is 15.1. The van der Waals surface area contributed by atoms with E-state index in [9.17, 15) is 0 Å². The molecule has 0 radical (unpaired) electrons. The first-order chi connectivity index (χ1) is 4.89. The standard InChI is InChI=1S/C9H13N/c1-2-7(3-1)9-5-4-8(6-9)10-9/h2,8,10H,1,3-6H2. The molecular weight excluding hydrogens is 122 g/mol. The van der Waals surface area contributed by atoms with E-state index in [0.29, 0.717) is 5.54 Å². The summed E-state index contributed by atoms with van der Waals surface area (Å²) < 4.78 is 0. The zero-order valence-electron chi connectivity index (χ0n) is 6.19. The van der Waals surface area contributed by atoms with Gasteiger partial charge in [-0.1, -0.05) is 11.6 Å². The average molecular weight is 135 g/mol. The first kappa shape index (κ1) is 5.36. The van der Waals surface area contributed by atoms with Gasteiger partial charge in [0.05, 0.1) is 0 Å². The van der Waals surface area contributed by atoms with Crippen molar-refractivity contribution in [1.82, 2.24) is 5.32 Å². The van der Waals surface area contributed by atoms with Crippen molar-refractivity contribution in [2.75, 3.05) is 0 Å². The summed E-state index contributed by atoms with van der Waals surface area (Å²) in [5, 5.41) is 3.66. The molecule has 2 atom stereocenters. The number of hydrogen-bond acceptors (Lipinski definition) is 1. The fraction of sp³-hybridized carbons (Fsp3) is 0.778. The summed E-state index contributed by atoms with van der Waals surface area (Å²) in [4.78, 5) is 0. The van der Waals surface area contributed by atoms with Crippen molar-refractivity contribution in [1.29, 1.82) is 0 Å². The molecule has 2 bridgehead atoms. The lowest BCUT2D eigenvalue weighted by Crippen LogP contribution is -2.57. The lowest BCUT2D eigenvalue weighted by Gasteiger charge is -2.44. The highest BCUT2D eigenvalue weighted by Crippen LogP contribution is 2.48. The van der Waals surface area contributed by atoms with E-state index in [2.05, 4.69) is 11.4 Å². The van der Waals surface area contributed by atoms with Crippen LogP contribution in [-0.4, -0.2) is 11.6 Å². The number of hydrogen-bond donors (Lipinski definition) is 1. The summed E-state index contributed by atoms with van der Waals surface area (Å²) in [6.07, 6.45) is 9.43. The van der Waals surface area contributed by atoms with Crippen LogP contribution in [0.3, 0.4) is 0 Å². The third-order valence-corrected chi connectivity index (χ3v) is 3.41. The third-order valence-electron chi connectivity index (χ3n) is 3.41. The van der Waals surface area contributed by atoms with Crippen molar-refractivity contribution in [3.05, 3.63) is 11.6 Å². The maximum absolute atomic E-state index is 3.66. The Hall–Kier alpha value is -0.300. The van der Waals surface area contributed by atoms with Crippen LogP contribution in [0.1, 0.15) is 32.1 Å². The molecule has 4 aliphatic rings. The van der Waals surface area contributed by atoms with Gasteiger partial charge < -0.3 is 5.32 Å². The van der Waals surface area contributed by atoms with Gasteiger partial charge in [0, 0.05) is 11.6 Å². The van der Waals surface area contributed by atoms with Crippen LogP contribution in [0, 0.1) is 0 Å². The molecule has 1 saturated carbocycles. The zero-order chi connectivity index (χ0) is 6.60. The normalized spacial score (nSPS) is 49.6. The van der Waals surface area contributed by atoms with Crippen LogP contribution in [0.2, 0.25) is 0 Å². The second-order valence-electron chi connectivity index (χ2n) is 3.93. The largest absolute Gasteiger partial charge is 0.305 e. The summed E-state index contributed by atoms with van der Waals surface area (Å²) in [6.45, 7) is 0. The van der Waals surface area contributed by atoms with Crippen molar-refractivity contribution in [2.24, 2.45) is 0 Å².